The molecule has 0 saturated heterocycles. The Morgan fingerprint density at radius 3 is 2.73 bits per heavy atom. The molecule has 0 aliphatic rings. The van der Waals surface area contributed by atoms with Gasteiger partial charge in [0.2, 0.25) is 0 Å². The van der Waals surface area contributed by atoms with E-state index < -0.39 is 0 Å². The van der Waals surface area contributed by atoms with E-state index in [2.05, 4.69) is 4.98 Å². The molecule has 1 aromatic carbocycles. The van der Waals surface area contributed by atoms with Gasteiger partial charge in [-0.25, -0.2) is 4.39 Å². The van der Waals surface area contributed by atoms with Crippen molar-refractivity contribution >= 4 is 34.8 Å². The first kappa shape index (κ1) is 12.2. The fraction of sp³-hybridized carbons (Fsp3) is 0.182. The van der Waals surface area contributed by atoms with Crippen molar-refractivity contribution in [2.75, 3.05) is 0 Å². The molecule has 0 aliphatic heterocycles. The van der Waals surface area contributed by atoms with Crippen LogP contribution in [0.25, 0.3) is 10.8 Å². The number of hydrogen-bond donors (Lipinski definition) is 0. The van der Waals surface area contributed by atoms with Crippen LogP contribution in [0.4, 0.5) is 4.39 Å². The van der Waals surface area contributed by atoms with Crippen molar-refractivity contribution in [3.8, 4) is 0 Å². The molecule has 0 bridgehead atoms. The normalized spacial score (nSPS) is 12.2. The maximum Gasteiger partial charge on any atom is 0.123 e. The number of fused-ring (bicyclic) bond motifs is 1. The van der Waals surface area contributed by atoms with Crippen LogP contribution in [0.3, 0.4) is 0 Å². The third kappa shape index (κ3) is 2.39. The van der Waals surface area contributed by atoms with Crippen molar-refractivity contribution < 1.29 is 4.39 Å². The minimum Gasteiger partial charge on any atom is -0.264 e. The third-order valence-electron chi connectivity index (χ3n) is 2.18. The second-order valence-electron chi connectivity index (χ2n) is 3.21. The summed E-state index contributed by atoms with van der Waals surface area (Å²) in [5, 5.41) is 1.63. The summed E-state index contributed by atoms with van der Waals surface area (Å²) in [6, 6.07) is 4.64. The summed E-state index contributed by atoms with van der Waals surface area (Å²) in [4.78, 5) is 4.02. The molecule has 0 N–H and O–H groups in total. The zero-order chi connectivity index (χ0) is 10.1. The minimum absolute atomic E-state index is 0. The largest absolute Gasteiger partial charge is 0.264 e. The van der Waals surface area contributed by atoms with Crippen molar-refractivity contribution in [2.24, 2.45) is 0 Å². The lowest BCUT2D eigenvalue weighted by molar-refractivity contribution is 0.629. The molecule has 1 nitrogen and oxygen atoms in total. The Kier molecular flexibility index (Phi) is 3.89. The average Bonchev–Trinajstić information content (AvgIpc) is 2.16. The lowest BCUT2D eigenvalue weighted by atomic mass is 10.1. The zero-order valence-electron chi connectivity index (χ0n) is 8.08. The van der Waals surface area contributed by atoms with E-state index >= 15 is 0 Å². The van der Waals surface area contributed by atoms with E-state index in [0.29, 0.717) is 0 Å². The summed E-state index contributed by atoms with van der Waals surface area (Å²) >= 11 is 5.99. The Morgan fingerprint density at radius 1 is 1.33 bits per heavy atom. The van der Waals surface area contributed by atoms with E-state index in [1.54, 1.807) is 18.5 Å². The molecule has 0 fully saturated rings. The van der Waals surface area contributed by atoms with Crippen LogP contribution in [0.15, 0.2) is 30.6 Å². The Labute approximate surface area is 98.7 Å². The van der Waals surface area contributed by atoms with Gasteiger partial charge in [0.15, 0.2) is 0 Å². The molecular formula is C11H10Cl2FN. The second kappa shape index (κ2) is 4.77. The Bertz CT molecular complexity index is 471. The molecule has 2 rings (SSSR count). The quantitative estimate of drug-likeness (QED) is 0.690. The van der Waals surface area contributed by atoms with Crippen LogP contribution in [0, 0.1) is 5.82 Å². The summed E-state index contributed by atoms with van der Waals surface area (Å²) in [6.07, 6.45) is 3.36. The first-order valence-corrected chi connectivity index (χ1v) is 4.79. The van der Waals surface area contributed by atoms with Crippen molar-refractivity contribution in [3.63, 3.8) is 0 Å². The van der Waals surface area contributed by atoms with Gasteiger partial charge in [-0.2, -0.15) is 0 Å². The number of pyridine rings is 1. The van der Waals surface area contributed by atoms with Gasteiger partial charge in [0, 0.05) is 17.8 Å². The van der Waals surface area contributed by atoms with E-state index in [1.165, 1.54) is 12.1 Å². The molecule has 0 amide bonds. The van der Waals surface area contributed by atoms with Crippen LogP contribution < -0.4 is 0 Å². The molecular weight excluding hydrogens is 236 g/mol. The molecule has 1 atom stereocenters. The van der Waals surface area contributed by atoms with Crippen LogP contribution in [0.5, 0.6) is 0 Å². The molecule has 1 heterocycles. The number of aromatic nitrogens is 1. The van der Waals surface area contributed by atoms with Gasteiger partial charge < -0.3 is 0 Å². The highest BCUT2D eigenvalue weighted by Gasteiger charge is 2.07. The van der Waals surface area contributed by atoms with Crippen molar-refractivity contribution in [1.82, 2.24) is 4.98 Å². The van der Waals surface area contributed by atoms with Crippen LogP contribution in [-0.2, 0) is 0 Å². The smallest absolute Gasteiger partial charge is 0.123 e. The van der Waals surface area contributed by atoms with Gasteiger partial charge >= 0.3 is 0 Å². The lowest BCUT2D eigenvalue weighted by Crippen LogP contribution is -1.89. The molecule has 0 aliphatic carbocycles. The molecule has 4 heteroatoms. The van der Waals surface area contributed by atoms with Crippen LogP contribution in [-0.4, -0.2) is 4.98 Å². The van der Waals surface area contributed by atoms with Crippen molar-refractivity contribution in [1.29, 1.82) is 0 Å². The maximum absolute atomic E-state index is 12.9. The summed E-state index contributed by atoms with van der Waals surface area (Å²) in [7, 11) is 0. The number of halogens is 3. The topological polar surface area (TPSA) is 12.9 Å². The first-order valence-electron chi connectivity index (χ1n) is 4.36. The average molecular weight is 246 g/mol. The highest BCUT2D eigenvalue weighted by molar-refractivity contribution is 6.21. The summed E-state index contributed by atoms with van der Waals surface area (Å²) in [6.45, 7) is 1.88. The maximum atomic E-state index is 12.9. The Morgan fingerprint density at radius 2 is 2.07 bits per heavy atom. The van der Waals surface area contributed by atoms with Crippen LogP contribution in [0.1, 0.15) is 17.9 Å². The number of benzene rings is 1. The fourth-order valence-corrected chi connectivity index (χ4v) is 1.66. The van der Waals surface area contributed by atoms with Crippen molar-refractivity contribution in [3.05, 3.63) is 42.0 Å². The predicted molar refractivity (Wildman–Crippen MR) is 63.2 cm³/mol. The molecule has 80 valence electrons. The molecule has 1 aromatic heterocycles. The summed E-state index contributed by atoms with van der Waals surface area (Å²) in [5.41, 5.74) is 0.934. The fourth-order valence-electron chi connectivity index (χ4n) is 1.49. The van der Waals surface area contributed by atoms with E-state index in [0.717, 1.165) is 16.3 Å². The highest BCUT2D eigenvalue weighted by atomic mass is 35.5. The van der Waals surface area contributed by atoms with Gasteiger partial charge in [-0.3, -0.25) is 4.98 Å². The molecule has 0 radical (unpaired) electrons. The number of hydrogen-bond acceptors (Lipinski definition) is 1. The first-order chi connectivity index (χ1) is 6.68. The molecule has 15 heavy (non-hydrogen) atoms. The standard InChI is InChI=1S/C11H9ClFN.ClH/c1-7(12)11-6-14-5-8-4-9(13)2-3-10(8)11;/h2-7H,1H3;1H. The Balaban J connectivity index is 0.00000112. The summed E-state index contributed by atoms with van der Waals surface area (Å²) in [5.74, 6) is -0.251. The molecule has 2 aromatic rings. The minimum atomic E-state index is -0.251. The molecule has 0 spiro atoms. The van der Waals surface area contributed by atoms with Gasteiger partial charge in [-0.15, -0.1) is 24.0 Å². The predicted octanol–water partition coefficient (Wildman–Crippen LogP) is 4.10. The zero-order valence-corrected chi connectivity index (χ0v) is 9.65. The number of nitrogens with zero attached hydrogens (tertiary/aromatic N) is 1. The van der Waals surface area contributed by atoms with E-state index in [4.69, 9.17) is 11.6 Å². The highest BCUT2D eigenvalue weighted by Crippen LogP contribution is 2.27. The van der Waals surface area contributed by atoms with Crippen LogP contribution >= 0.6 is 24.0 Å². The monoisotopic (exact) mass is 245 g/mol. The van der Waals surface area contributed by atoms with E-state index in [-0.39, 0.29) is 23.6 Å². The van der Waals surface area contributed by atoms with E-state index in [9.17, 15) is 4.39 Å². The number of rotatable bonds is 1. The number of alkyl halides is 1. The van der Waals surface area contributed by atoms with Gasteiger partial charge in [-0.05, 0) is 30.0 Å². The van der Waals surface area contributed by atoms with E-state index in [1.807, 2.05) is 6.92 Å². The summed E-state index contributed by atoms with van der Waals surface area (Å²) < 4.78 is 12.9. The lowest BCUT2D eigenvalue weighted by Gasteiger charge is -2.07. The molecule has 0 saturated carbocycles. The van der Waals surface area contributed by atoms with Gasteiger partial charge in [0.1, 0.15) is 5.82 Å². The van der Waals surface area contributed by atoms with Gasteiger partial charge in [0.05, 0.1) is 5.38 Å². The second-order valence-corrected chi connectivity index (χ2v) is 3.86. The van der Waals surface area contributed by atoms with Crippen molar-refractivity contribution in [2.45, 2.75) is 12.3 Å². The molecule has 1 unspecified atom stereocenters. The van der Waals surface area contributed by atoms with Gasteiger partial charge in [-0.1, -0.05) is 6.07 Å². The van der Waals surface area contributed by atoms with Crippen LogP contribution in [0.2, 0.25) is 0 Å². The third-order valence-corrected chi connectivity index (χ3v) is 2.42. The van der Waals surface area contributed by atoms with Gasteiger partial charge in [0.25, 0.3) is 0 Å². The SMILES string of the molecule is CC(Cl)c1cncc2cc(F)ccc12.Cl. The Hall–Kier alpha value is -0.860.